The van der Waals surface area contributed by atoms with Crippen molar-refractivity contribution >= 4 is 15.9 Å². The van der Waals surface area contributed by atoms with Crippen LogP contribution in [0.15, 0.2) is 53.7 Å². The second-order valence-corrected chi connectivity index (χ2v) is 13.1. The number of aromatic nitrogens is 1. The summed E-state index contributed by atoms with van der Waals surface area (Å²) < 4.78 is 66.6. The Balaban J connectivity index is 1.31. The predicted octanol–water partition coefficient (Wildman–Crippen LogP) is 5.33. The summed E-state index contributed by atoms with van der Waals surface area (Å²) in [6.45, 7) is 6.53. The van der Waals surface area contributed by atoms with Gasteiger partial charge < -0.3 is 9.80 Å². The van der Waals surface area contributed by atoms with Crippen molar-refractivity contribution in [1.82, 2.24) is 19.1 Å². The highest BCUT2D eigenvalue weighted by molar-refractivity contribution is 7.89. The zero-order valence-corrected chi connectivity index (χ0v) is 24.6. The molecular formula is C30H41F3N4O3S. The van der Waals surface area contributed by atoms with Crippen LogP contribution in [0, 0.1) is 0 Å². The number of rotatable bonds is 12. The van der Waals surface area contributed by atoms with Crippen LogP contribution in [0.2, 0.25) is 0 Å². The third-order valence-corrected chi connectivity index (χ3v) is 10.6. The van der Waals surface area contributed by atoms with Crippen LogP contribution in [-0.4, -0.2) is 79.2 Å². The standard InChI is InChI=1S/C30H41F3N4O3S/c1-2-37(41(39,40)27-11-5-9-25(23-27)30(31,32)33)20-7-12-28(38)36-21-14-29(15-22-36,26-10-6-16-34-24-26)13-8-19-35-17-3-4-18-35/h5-6,9-11,16,23-24H,2-4,7-8,12-15,17-22H2,1H3. The number of likely N-dealkylation sites (tertiary alicyclic amines) is 2. The Morgan fingerprint density at radius 1 is 1.05 bits per heavy atom. The molecule has 2 aromatic rings. The summed E-state index contributed by atoms with van der Waals surface area (Å²) in [5.41, 5.74) is 0.211. The molecule has 0 unspecified atom stereocenters. The minimum atomic E-state index is -4.63. The molecule has 2 aliphatic rings. The lowest BCUT2D eigenvalue weighted by atomic mass is 9.70. The molecule has 7 nitrogen and oxygen atoms in total. The highest BCUT2D eigenvalue weighted by atomic mass is 32.2. The van der Waals surface area contributed by atoms with Gasteiger partial charge in [-0.15, -0.1) is 0 Å². The second-order valence-electron chi connectivity index (χ2n) is 11.2. The van der Waals surface area contributed by atoms with Gasteiger partial charge in [0.05, 0.1) is 10.5 Å². The fourth-order valence-electron chi connectivity index (χ4n) is 6.19. The van der Waals surface area contributed by atoms with Crippen molar-refractivity contribution in [2.45, 2.75) is 74.8 Å². The van der Waals surface area contributed by atoms with Gasteiger partial charge in [-0.1, -0.05) is 19.1 Å². The fourth-order valence-corrected chi connectivity index (χ4v) is 7.72. The number of alkyl halides is 3. The zero-order valence-electron chi connectivity index (χ0n) is 23.8. The Bertz CT molecular complexity index is 1240. The van der Waals surface area contributed by atoms with Crippen LogP contribution < -0.4 is 0 Å². The van der Waals surface area contributed by atoms with Gasteiger partial charge in [-0.2, -0.15) is 17.5 Å². The molecule has 0 atom stereocenters. The minimum Gasteiger partial charge on any atom is -0.343 e. The Hall–Kier alpha value is -2.50. The lowest BCUT2D eigenvalue weighted by molar-refractivity contribution is -0.137. The molecule has 2 saturated heterocycles. The smallest absolute Gasteiger partial charge is 0.343 e. The first-order valence-corrected chi connectivity index (χ1v) is 16.1. The lowest BCUT2D eigenvalue weighted by Gasteiger charge is -2.42. The molecule has 0 aliphatic carbocycles. The molecule has 1 amide bonds. The molecule has 2 aliphatic heterocycles. The number of carbonyl (C=O) groups is 1. The second kappa shape index (κ2) is 13.6. The molecule has 4 rings (SSSR count). The molecule has 11 heteroatoms. The van der Waals surface area contributed by atoms with Crippen molar-refractivity contribution in [1.29, 1.82) is 0 Å². The van der Waals surface area contributed by atoms with Crippen LogP contribution >= 0.6 is 0 Å². The molecule has 0 bridgehead atoms. The molecule has 3 heterocycles. The van der Waals surface area contributed by atoms with Gasteiger partial charge in [0.15, 0.2) is 0 Å². The average Bonchev–Trinajstić information content (AvgIpc) is 3.49. The molecule has 226 valence electrons. The normalized spacial score (nSPS) is 18.2. The van der Waals surface area contributed by atoms with Crippen molar-refractivity contribution in [3.05, 3.63) is 59.9 Å². The van der Waals surface area contributed by atoms with Crippen molar-refractivity contribution < 1.29 is 26.4 Å². The number of pyridine rings is 1. The summed E-state index contributed by atoms with van der Waals surface area (Å²) in [4.78, 5) is 21.5. The van der Waals surface area contributed by atoms with E-state index in [2.05, 4.69) is 16.0 Å². The van der Waals surface area contributed by atoms with E-state index in [0.29, 0.717) is 25.6 Å². The Kier molecular flexibility index (Phi) is 10.5. The van der Waals surface area contributed by atoms with Crippen molar-refractivity contribution in [2.75, 3.05) is 45.8 Å². The zero-order chi connectivity index (χ0) is 29.5. The van der Waals surface area contributed by atoms with Gasteiger partial charge in [-0.3, -0.25) is 9.78 Å². The Morgan fingerprint density at radius 2 is 1.78 bits per heavy atom. The number of piperidine rings is 1. The van der Waals surface area contributed by atoms with Crippen molar-refractivity contribution in [2.24, 2.45) is 0 Å². The first-order valence-electron chi connectivity index (χ1n) is 14.6. The number of halogens is 3. The number of hydrogen-bond donors (Lipinski definition) is 0. The van der Waals surface area contributed by atoms with E-state index in [0.717, 1.165) is 48.7 Å². The summed E-state index contributed by atoms with van der Waals surface area (Å²) in [6.07, 6.45) is 6.01. The number of amides is 1. The largest absolute Gasteiger partial charge is 0.416 e. The number of hydrogen-bond acceptors (Lipinski definition) is 5. The number of benzene rings is 1. The first kappa shape index (κ1) is 31.4. The van der Waals surface area contributed by atoms with Gasteiger partial charge in [0.25, 0.3) is 0 Å². The number of sulfonamides is 1. The van der Waals surface area contributed by atoms with E-state index >= 15 is 0 Å². The first-order chi connectivity index (χ1) is 19.5. The molecule has 1 aromatic carbocycles. The Morgan fingerprint density at radius 3 is 2.41 bits per heavy atom. The quantitative estimate of drug-likeness (QED) is 0.332. The molecule has 2 fully saturated rings. The van der Waals surface area contributed by atoms with Gasteiger partial charge in [0.2, 0.25) is 15.9 Å². The minimum absolute atomic E-state index is 0.0111. The van der Waals surface area contributed by atoms with E-state index in [1.807, 2.05) is 17.2 Å². The van der Waals surface area contributed by atoms with Gasteiger partial charge in [0.1, 0.15) is 0 Å². The van der Waals surface area contributed by atoms with E-state index in [1.165, 1.54) is 37.6 Å². The van der Waals surface area contributed by atoms with E-state index in [9.17, 15) is 26.4 Å². The molecule has 0 N–H and O–H groups in total. The molecule has 41 heavy (non-hydrogen) atoms. The lowest BCUT2D eigenvalue weighted by Crippen LogP contribution is -2.45. The summed E-state index contributed by atoms with van der Waals surface area (Å²) in [7, 11) is -4.12. The van der Waals surface area contributed by atoms with Crippen LogP contribution in [0.5, 0.6) is 0 Å². The van der Waals surface area contributed by atoms with Crippen molar-refractivity contribution in [3.63, 3.8) is 0 Å². The van der Waals surface area contributed by atoms with Crippen LogP contribution in [0.1, 0.15) is 69.4 Å². The summed E-state index contributed by atoms with van der Waals surface area (Å²) in [6, 6.07) is 7.90. The summed E-state index contributed by atoms with van der Waals surface area (Å²) in [5.74, 6) is -0.0191. The van der Waals surface area contributed by atoms with Gasteiger partial charge in [-0.05, 0) is 94.4 Å². The summed E-state index contributed by atoms with van der Waals surface area (Å²) in [5, 5.41) is 0. The van der Waals surface area contributed by atoms with Gasteiger partial charge in [-0.25, -0.2) is 8.42 Å². The maximum Gasteiger partial charge on any atom is 0.416 e. The molecule has 0 saturated carbocycles. The van der Waals surface area contributed by atoms with Crippen molar-refractivity contribution in [3.8, 4) is 0 Å². The molecule has 1 aromatic heterocycles. The maximum atomic E-state index is 13.1. The van der Waals surface area contributed by atoms with E-state index in [1.54, 1.807) is 13.1 Å². The van der Waals surface area contributed by atoms with Crippen LogP contribution in [0.4, 0.5) is 13.2 Å². The third kappa shape index (κ3) is 7.87. The molecule has 0 spiro atoms. The van der Waals surface area contributed by atoms with Gasteiger partial charge >= 0.3 is 6.18 Å². The maximum absolute atomic E-state index is 13.1. The van der Waals surface area contributed by atoms with E-state index in [-0.39, 0.29) is 30.8 Å². The SMILES string of the molecule is CCN(CCCC(=O)N1CCC(CCCN2CCCC2)(c2cccnc2)CC1)S(=O)(=O)c1cccc(C(F)(F)F)c1. The molecule has 0 radical (unpaired) electrons. The van der Waals surface area contributed by atoms with Crippen LogP contribution in [0.3, 0.4) is 0 Å². The third-order valence-electron chi connectivity index (χ3n) is 8.63. The summed E-state index contributed by atoms with van der Waals surface area (Å²) >= 11 is 0. The van der Waals surface area contributed by atoms with Gasteiger partial charge in [0, 0.05) is 50.4 Å². The topological polar surface area (TPSA) is 73.8 Å². The highest BCUT2D eigenvalue weighted by Crippen LogP contribution is 2.40. The highest BCUT2D eigenvalue weighted by Gasteiger charge is 2.37. The van der Waals surface area contributed by atoms with Crippen LogP contribution in [0.25, 0.3) is 0 Å². The van der Waals surface area contributed by atoms with E-state index < -0.39 is 26.7 Å². The predicted molar refractivity (Wildman–Crippen MR) is 152 cm³/mol. The Labute approximate surface area is 241 Å². The van der Waals surface area contributed by atoms with Crippen LogP contribution in [-0.2, 0) is 26.4 Å². The van der Waals surface area contributed by atoms with E-state index in [4.69, 9.17) is 0 Å². The number of carbonyl (C=O) groups excluding carboxylic acids is 1. The number of nitrogens with zero attached hydrogens (tertiary/aromatic N) is 4. The molecular weight excluding hydrogens is 553 g/mol. The average molecular weight is 595 g/mol. The monoisotopic (exact) mass is 594 g/mol. The fraction of sp³-hybridized carbons (Fsp3) is 0.600.